The van der Waals surface area contributed by atoms with Gasteiger partial charge in [0.25, 0.3) is 0 Å². The Hall–Kier alpha value is -3.17. The fourth-order valence-corrected chi connectivity index (χ4v) is 5.39. The molecule has 2 aromatic rings. The maximum Gasteiger partial charge on any atom is 0.314 e. The van der Waals surface area contributed by atoms with E-state index in [4.69, 9.17) is 20.2 Å². The first kappa shape index (κ1) is 43.8. The Labute approximate surface area is 293 Å². The number of aromatic hydroxyl groups is 2. The molecule has 1 fully saturated rings. The van der Waals surface area contributed by atoms with E-state index in [1.165, 1.54) is 24.0 Å². The van der Waals surface area contributed by atoms with Crippen molar-refractivity contribution in [2.45, 2.75) is 144 Å². The van der Waals surface area contributed by atoms with Gasteiger partial charge < -0.3 is 20.4 Å². The number of carbonyl (C=O) groups is 2. The van der Waals surface area contributed by atoms with E-state index in [2.05, 4.69) is 72.7 Å². The van der Waals surface area contributed by atoms with Crippen LogP contribution < -0.4 is 0 Å². The molecule has 0 bridgehead atoms. The summed E-state index contributed by atoms with van der Waals surface area (Å²) in [6.07, 6.45) is 11.8. The monoisotopic (exact) mass is 697 g/mol. The minimum Gasteiger partial charge on any atom is -0.507 e. The summed E-state index contributed by atoms with van der Waals surface area (Å²) < 4.78 is 0. The molecule has 4 N–H and O–H groups in total. The first-order chi connectivity index (χ1) is 20.9. The van der Waals surface area contributed by atoms with Gasteiger partial charge in [-0.15, -0.1) is 0 Å². The van der Waals surface area contributed by atoms with Gasteiger partial charge >= 0.3 is 11.9 Å². The van der Waals surface area contributed by atoms with Gasteiger partial charge in [-0.05, 0) is 72.3 Å². The summed E-state index contributed by atoms with van der Waals surface area (Å²) in [6.45, 7) is 17.2. The van der Waals surface area contributed by atoms with Crippen LogP contribution >= 0.6 is 0 Å². The number of hydrogen-bond donors (Lipinski definition) is 4. The third-order valence-electron chi connectivity index (χ3n) is 8.08. The zero-order valence-corrected chi connectivity index (χ0v) is 29.9. The maximum absolute atomic E-state index is 11.2. The second kappa shape index (κ2) is 19.6. The van der Waals surface area contributed by atoms with E-state index in [9.17, 15) is 19.8 Å². The molecule has 1 saturated carbocycles. The predicted molar refractivity (Wildman–Crippen MR) is 189 cm³/mol. The summed E-state index contributed by atoms with van der Waals surface area (Å²) in [5.74, 6) is -1.98. The number of carboxylic acid groups (broad SMARTS) is 2. The van der Waals surface area contributed by atoms with Crippen LogP contribution in [0.15, 0.2) is 34.3 Å². The molecule has 0 saturated heterocycles. The van der Waals surface area contributed by atoms with Crippen LogP contribution in [0.2, 0.25) is 0 Å². The van der Waals surface area contributed by atoms with Crippen LogP contribution in [0.25, 0.3) is 0 Å². The number of phenols is 2. The first-order valence-corrected chi connectivity index (χ1v) is 16.1. The van der Waals surface area contributed by atoms with Crippen molar-refractivity contribution in [3.05, 3.63) is 57.6 Å². The number of benzene rings is 2. The second-order valence-electron chi connectivity index (χ2n) is 14.2. The van der Waals surface area contributed by atoms with E-state index < -0.39 is 18.4 Å². The van der Waals surface area contributed by atoms with Crippen molar-refractivity contribution in [2.75, 3.05) is 0 Å². The molecule has 3 rings (SSSR count). The van der Waals surface area contributed by atoms with Crippen LogP contribution in [0.4, 0.5) is 0 Å². The Morgan fingerprint density at radius 1 is 0.809 bits per heavy atom. The average Bonchev–Trinajstić information content (AvgIpc) is 2.92. The molecule has 1 radical (unpaired) electrons. The van der Waals surface area contributed by atoms with Crippen molar-refractivity contribution in [1.29, 1.82) is 0 Å². The number of aliphatic imine (C=N–C) groups is 2. The maximum atomic E-state index is 11.2. The van der Waals surface area contributed by atoms with Gasteiger partial charge in [-0.2, -0.15) is 0 Å². The van der Waals surface area contributed by atoms with Gasteiger partial charge in [0, 0.05) is 45.9 Å². The molecule has 47 heavy (non-hydrogen) atoms. The van der Waals surface area contributed by atoms with E-state index in [-0.39, 0.29) is 47.1 Å². The van der Waals surface area contributed by atoms with Crippen LogP contribution in [-0.2, 0) is 43.6 Å². The fraction of sp³-hybridized carbons (Fsp3) is 0.579. The summed E-state index contributed by atoms with van der Waals surface area (Å²) in [5.41, 5.74) is 5.70. The van der Waals surface area contributed by atoms with E-state index in [0.29, 0.717) is 11.5 Å². The smallest absolute Gasteiger partial charge is 0.314 e. The molecule has 1 aliphatic carbocycles. The van der Waals surface area contributed by atoms with Crippen molar-refractivity contribution >= 4 is 24.4 Å². The minimum absolute atomic E-state index is 0. The number of rotatable bonds is 10. The molecule has 9 heteroatoms. The summed E-state index contributed by atoms with van der Waals surface area (Å²) in [4.78, 5) is 28.8. The Morgan fingerprint density at radius 3 is 1.74 bits per heavy atom. The van der Waals surface area contributed by atoms with Gasteiger partial charge in [-0.25, -0.2) is 0 Å². The summed E-state index contributed by atoms with van der Waals surface area (Å²) in [5, 5.41) is 37.3. The molecule has 265 valence electrons. The Morgan fingerprint density at radius 2 is 1.32 bits per heavy atom. The molecular formula is C38H58CoN2O6. The zero-order chi connectivity index (χ0) is 33.9. The number of aryl methyl sites for hydroxylation is 2. The number of hydrogen-bond acceptors (Lipinski definition) is 6. The Kier molecular flexibility index (Phi) is 18.3. The van der Waals surface area contributed by atoms with E-state index in [0.717, 1.165) is 60.8 Å². The molecule has 2 atom stereocenters. The quantitative estimate of drug-likeness (QED) is 0.111. The molecule has 8 nitrogen and oxygen atoms in total. The van der Waals surface area contributed by atoms with Crippen molar-refractivity contribution in [1.82, 2.24) is 0 Å². The van der Waals surface area contributed by atoms with Gasteiger partial charge in [-0.3, -0.25) is 19.6 Å². The predicted octanol–water partition coefficient (Wildman–Crippen LogP) is 8.76. The summed E-state index contributed by atoms with van der Waals surface area (Å²) in [7, 11) is 0. The zero-order valence-electron chi connectivity index (χ0n) is 28.8. The van der Waals surface area contributed by atoms with E-state index in [1.807, 2.05) is 19.4 Å². The van der Waals surface area contributed by atoms with Crippen LogP contribution in [-0.4, -0.2) is 56.9 Å². The van der Waals surface area contributed by atoms with E-state index in [1.54, 1.807) is 0 Å². The standard InChI is InChI=1S/C34H50N2O2.C3H4O4.CH4.Co/c1-9-10-11-14-24-17-23(2)31(37)25(18-24)21-35-29-15-12-13-16-30(29)36-22-26-19-27(33(3,4)5)20-28(32(26)38)34(6,7)8;4-2(5)1-3(6)7;;/h17-22,29-30,37-38H,9-16H2,1-8H3;1H2,(H,4,5)(H,6,7);1H4;. The first-order valence-electron chi connectivity index (χ1n) is 16.1. The Bertz CT molecular complexity index is 1360. The largest absolute Gasteiger partial charge is 0.507 e. The molecule has 2 unspecified atom stereocenters. The van der Waals surface area contributed by atoms with Gasteiger partial charge in [0.2, 0.25) is 0 Å². The van der Waals surface area contributed by atoms with Crippen LogP contribution in [0.1, 0.15) is 141 Å². The average molecular weight is 698 g/mol. The van der Waals surface area contributed by atoms with Crippen molar-refractivity contribution in [2.24, 2.45) is 9.98 Å². The number of phenolic OH excluding ortho intramolecular Hbond substituents is 2. The molecule has 0 aliphatic heterocycles. The molecule has 2 aromatic carbocycles. The van der Waals surface area contributed by atoms with Crippen molar-refractivity contribution < 1.29 is 46.8 Å². The summed E-state index contributed by atoms with van der Waals surface area (Å²) in [6, 6.07) is 8.54. The number of unbranched alkanes of at least 4 members (excludes halogenated alkanes) is 2. The van der Waals surface area contributed by atoms with Crippen LogP contribution in [0, 0.1) is 6.92 Å². The van der Waals surface area contributed by atoms with Crippen LogP contribution in [0.5, 0.6) is 11.5 Å². The topological polar surface area (TPSA) is 140 Å². The second-order valence-corrected chi connectivity index (χ2v) is 14.2. The Balaban J connectivity index is 0.00000211. The number of nitrogens with zero attached hydrogens (tertiary/aromatic N) is 2. The third-order valence-corrected chi connectivity index (χ3v) is 8.08. The molecule has 0 aromatic heterocycles. The molecule has 0 amide bonds. The number of aliphatic carboxylic acids is 2. The molecule has 1 aliphatic rings. The summed E-state index contributed by atoms with van der Waals surface area (Å²) >= 11 is 0. The van der Waals surface area contributed by atoms with Gasteiger partial charge in [0.05, 0.1) is 12.1 Å². The third kappa shape index (κ3) is 14.2. The van der Waals surface area contributed by atoms with Crippen LogP contribution in [0.3, 0.4) is 0 Å². The normalized spacial score (nSPS) is 16.6. The van der Waals surface area contributed by atoms with Gasteiger partial charge in [0.1, 0.15) is 17.9 Å². The van der Waals surface area contributed by atoms with Crippen molar-refractivity contribution in [3.8, 4) is 11.5 Å². The van der Waals surface area contributed by atoms with Gasteiger partial charge in [0.15, 0.2) is 0 Å². The minimum atomic E-state index is -1.31. The molecule has 0 spiro atoms. The van der Waals surface area contributed by atoms with E-state index >= 15 is 0 Å². The fourth-order valence-electron chi connectivity index (χ4n) is 5.39. The van der Waals surface area contributed by atoms with Gasteiger partial charge in [-0.1, -0.05) is 93.7 Å². The number of carboxylic acids is 2. The van der Waals surface area contributed by atoms with Crippen molar-refractivity contribution in [3.63, 3.8) is 0 Å². The molecular weight excluding hydrogens is 639 g/mol. The SMILES string of the molecule is C.CCCCCc1cc(C)c(O)c(C=NC2CCCCC2N=Cc2cc(C(C)(C)C)cc(C(C)(C)C)c2O)c1.O=C(O)CC(=O)O.[Co]. The molecule has 0 heterocycles.